The van der Waals surface area contributed by atoms with Gasteiger partial charge in [0.15, 0.2) is 0 Å². The van der Waals surface area contributed by atoms with Crippen LogP contribution in [0, 0.1) is 6.92 Å². The van der Waals surface area contributed by atoms with E-state index in [2.05, 4.69) is 9.62 Å². The zero-order chi connectivity index (χ0) is 13.3. The van der Waals surface area contributed by atoms with Crippen LogP contribution in [0.1, 0.15) is 17.9 Å². The first-order valence-electron chi connectivity index (χ1n) is 5.83. The van der Waals surface area contributed by atoms with Crippen LogP contribution >= 0.6 is 0 Å². The number of nitrogens with one attached hydrogen (secondary N) is 1. The average Bonchev–Trinajstić information content (AvgIpc) is 2.84. The van der Waals surface area contributed by atoms with Gasteiger partial charge in [0.25, 0.3) is 0 Å². The highest BCUT2D eigenvalue weighted by Gasteiger charge is 2.28. The fraction of sp³-hybridized carbons (Fsp3) is 0.636. The second kappa shape index (κ2) is 5.00. The van der Waals surface area contributed by atoms with Crippen molar-refractivity contribution in [3.63, 3.8) is 0 Å². The van der Waals surface area contributed by atoms with E-state index in [1.165, 1.54) is 6.07 Å². The van der Waals surface area contributed by atoms with Gasteiger partial charge in [-0.2, -0.15) is 0 Å². The third-order valence-corrected chi connectivity index (χ3v) is 4.71. The Kier molecular flexibility index (Phi) is 3.76. The molecule has 0 aliphatic carbocycles. The number of aliphatic hydroxyl groups excluding tert-OH is 1. The predicted octanol–water partition coefficient (Wildman–Crippen LogP) is 0.0627. The standard InChI is InChI=1S/C11H18N2O4S/c1-8-11(5-10(7-14)17-8)18(15,16)12-9-3-4-13(2)6-9/h5,9,12,14H,3-4,6-7H2,1-2H3. The molecule has 1 aliphatic heterocycles. The van der Waals surface area contributed by atoms with Crippen molar-refractivity contribution in [3.05, 3.63) is 17.6 Å². The van der Waals surface area contributed by atoms with Gasteiger partial charge in [-0.3, -0.25) is 0 Å². The lowest BCUT2D eigenvalue weighted by Gasteiger charge is -2.12. The van der Waals surface area contributed by atoms with Crippen molar-refractivity contribution in [1.29, 1.82) is 0 Å². The summed E-state index contributed by atoms with van der Waals surface area (Å²) < 4.78 is 32.2. The summed E-state index contributed by atoms with van der Waals surface area (Å²) in [4.78, 5) is 2.19. The maximum atomic E-state index is 12.2. The van der Waals surface area contributed by atoms with Gasteiger partial charge in [-0.1, -0.05) is 0 Å². The molecule has 0 bridgehead atoms. The predicted molar refractivity (Wildman–Crippen MR) is 65.6 cm³/mol. The van der Waals surface area contributed by atoms with Crippen molar-refractivity contribution >= 4 is 10.0 Å². The van der Waals surface area contributed by atoms with Gasteiger partial charge in [-0.05, 0) is 26.9 Å². The molecule has 1 fully saturated rings. The number of nitrogens with zero attached hydrogens (tertiary/aromatic N) is 1. The highest BCUT2D eigenvalue weighted by Crippen LogP contribution is 2.21. The van der Waals surface area contributed by atoms with E-state index in [4.69, 9.17) is 9.52 Å². The van der Waals surface area contributed by atoms with Crippen LogP contribution in [0.15, 0.2) is 15.4 Å². The smallest absolute Gasteiger partial charge is 0.244 e. The van der Waals surface area contributed by atoms with Crippen molar-refractivity contribution in [2.45, 2.75) is 30.9 Å². The monoisotopic (exact) mass is 274 g/mol. The zero-order valence-electron chi connectivity index (χ0n) is 10.5. The summed E-state index contributed by atoms with van der Waals surface area (Å²) in [7, 11) is -1.61. The van der Waals surface area contributed by atoms with Gasteiger partial charge >= 0.3 is 0 Å². The lowest BCUT2D eigenvalue weighted by molar-refractivity contribution is 0.244. The van der Waals surface area contributed by atoms with E-state index in [9.17, 15) is 8.42 Å². The number of aliphatic hydroxyl groups is 1. The normalized spacial score (nSPS) is 21.6. The quantitative estimate of drug-likeness (QED) is 0.811. The maximum Gasteiger partial charge on any atom is 0.244 e. The number of aryl methyl sites for hydroxylation is 1. The van der Waals surface area contributed by atoms with Crippen molar-refractivity contribution < 1.29 is 17.9 Å². The molecule has 18 heavy (non-hydrogen) atoms. The Hall–Kier alpha value is -0.890. The number of hydrogen-bond donors (Lipinski definition) is 2. The van der Waals surface area contributed by atoms with E-state index < -0.39 is 10.0 Å². The highest BCUT2D eigenvalue weighted by atomic mass is 32.2. The molecule has 6 nitrogen and oxygen atoms in total. The van der Waals surface area contributed by atoms with E-state index in [-0.39, 0.29) is 23.3 Å². The van der Waals surface area contributed by atoms with E-state index in [0.717, 1.165) is 13.0 Å². The third kappa shape index (κ3) is 2.74. The molecular weight excluding hydrogens is 256 g/mol. The summed E-state index contributed by atoms with van der Waals surface area (Å²) in [5.74, 6) is 0.564. The Morgan fingerprint density at radius 3 is 2.83 bits per heavy atom. The van der Waals surface area contributed by atoms with Gasteiger partial charge in [-0.15, -0.1) is 0 Å². The molecule has 0 amide bonds. The van der Waals surface area contributed by atoms with E-state index in [1.807, 2.05) is 7.05 Å². The summed E-state index contributed by atoms with van der Waals surface area (Å²) in [6, 6.07) is 1.31. The lowest BCUT2D eigenvalue weighted by Crippen LogP contribution is -2.36. The minimum absolute atomic E-state index is 0.0631. The molecule has 2 heterocycles. The number of likely N-dealkylation sites (N-methyl/N-ethyl adjacent to an activating group) is 1. The second-order valence-electron chi connectivity index (χ2n) is 4.66. The van der Waals surface area contributed by atoms with E-state index >= 15 is 0 Å². The molecule has 1 saturated heterocycles. The molecule has 7 heteroatoms. The molecule has 1 aromatic heterocycles. The minimum Gasteiger partial charge on any atom is -0.462 e. The van der Waals surface area contributed by atoms with Gasteiger partial charge in [-0.25, -0.2) is 13.1 Å². The third-order valence-electron chi connectivity index (χ3n) is 3.08. The summed E-state index contributed by atoms with van der Waals surface area (Å²) in [5, 5.41) is 8.94. The van der Waals surface area contributed by atoms with E-state index in [1.54, 1.807) is 6.92 Å². The topological polar surface area (TPSA) is 82.8 Å². The van der Waals surface area contributed by atoms with Crippen molar-refractivity contribution in [2.24, 2.45) is 0 Å². The van der Waals surface area contributed by atoms with Crippen molar-refractivity contribution in [2.75, 3.05) is 20.1 Å². The molecule has 0 aromatic carbocycles. The number of rotatable bonds is 4. The summed E-state index contributed by atoms with van der Waals surface area (Å²) in [6.45, 7) is 2.87. The Bertz CT molecular complexity index is 523. The maximum absolute atomic E-state index is 12.2. The van der Waals surface area contributed by atoms with Crippen LogP contribution in [0.5, 0.6) is 0 Å². The van der Waals surface area contributed by atoms with Crippen LogP contribution in [-0.2, 0) is 16.6 Å². The molecule has 1 aromatic rings. The fourth-order valence-electron chi connectivity index (χ4n) is 2.18. The van der Waals surface area contributed by atoms with Gasteiger partial charge in [0, 0.05) is 18.7 Å². The Morgan fingerprint density at radius 1 is 1.61 bits per heavy atom. The van der Waals surface area contributed by atoms with Gasteiger partial charge in [0.1, 0.15) is 23.0 Å². The minimum atomic E-state index is -3.57. The van der Waals surface area contributed by atoms with Crippen LogP contribution in [-0.4, -0.2) is 44.6 Å². The largest absolute Gasteiger partial charge is 0.462 e. The van der Waals surface area contributed by atoms with Gasteiger partial charge in [0.2, 0.25) is 10.0 Å². The number of hydrogen-bond acceptors (Lipinski definition) is 5. The average molecular weight is 274 g/mol. The highest BCUT2D eigenvalue weighted by molar-refractivity contribution is 7.89. The van der Waals surface area contributed by atoms with Crippen molar-refractivity contribution in [1.82, 2.24) is 9.62 Å². The van der Waals surface area contributed by atoms with Crippen molar-refractivity contribution in [3.8, 4) is 0 Å². The van der Waals surface area contributed by atoms with Crippen LogP contribution in [0.3, 0.4) is 0 Å². The van der Waals surface area contributed by atoms with Crippen LogP contribution in [0.4, 0.5) is 0 Å². The first kappa shape index (κ1) is 13.5. The molecule has 0 saturated carbocycles. The molecule has 1 aliphatic rings. The van der Waals surface area contributed by atoms with Crippen LogP contribution in [0.25, 0.3) is 0 Å². The molecule has 0 spiro atoms. The van der Waals surface area contributed by atoms with Crippen LogP contribution in [0.2, 0.25) is 0 Å². The molecule has 0 radical (unpaired) electrons. The molecule has 1 atom stereocenters. The lowest BCUT2D eigenvalue weighted by atomic mass is 10.3. The summed E-state index contributed by atoms with van der Waals surface area (Å²) in [6.07, 6.45) is 0.805. The first-order valence-corrected chi connectivity index (χ1v) is 7.31. The molecular formula is C11H18N2O4S. The Labute approximate surface area is 107 Å². The summed E-state index contributed by atoms with van der Waals surface area (Å²) >= 11 is 0. The molecule has 102 valence electrons. The van der Waals surface area contributed by atoms with Gasteiger partial charge in [0.05, 0.1) is 0 Å². The Balaban J connectivity index is 2.17. The zero-order valence-corrected chi connectivity index (χ0v) is 11.3. The summed E-state index contributed by atoms with van der Waals surface area (Å²) in [5.41, 5.74) is 0. The second-order valence-corrected chi connectivity index (χ2v) is 6.34. The number of sulfonamides is 1. The first-order chi connectivity index (χ1) is 8.42. The fourth-order valence-corrected chi connectivity index (χ4v) is 3.65. The van der Waals surface area contributed by atoms with Crippen LogP contribution < -0.4 is 4.72 Å². The van der Waals surface area contributed by atoms with E-state index in [0.29, 0.717) is 12.3 Å². The van der Waals surface area contributed by atoms with Gasteiger partial charge < -0.3 is 14.4 Å². The molecule has 1 unspecified atom stereocenters. The molecule has 2 rings (SSSR count). The molecule has 2 N–H and O–H groups in total. The Morgan fingerprint density at radius 2 is 2.33 bits per heavy atom. The SMILES string of the molecule is Cc1oc(CO)cc1S(=O)(=O)NC1CCN(C)C1. The number of likely N-dealkylation sites (tertiary alicyclic amines) is 1. The number of furan rings is 1.